The molecule has 0 fully saturated rings. The maximum Gasteiger partial charge on any atom is 0.335 e. The van der Waals surface area contributed by atoms with Crippen molar-refractivity contribution in [1.82, 2.24) is 5.32 Å². The average Bonchev–Trinajstić information content (AvgIpc) is 2.56. The maximum atomic E-state index is 10.9. The molecule has 1 atom stereocenters. The van der Waals surface area contributed by atoms with Gasteiger partial charge in [0.15, 0.2) is 0 Å². The lowest BCUT2D eigenvalue weighted by molar-refractivity contribution is 0.0696. The molecular weight excluding hydrogens is 290 g/mol. The Morgan fingerprint density at radius 2 is 1.87 bits per heavy atom. The first-order chi connectivity index (χ1) is 11.1. The minimum Gasteiger partial charge on any atom is -0.478 e. The molecule has 2 rings (SSSR count). The monoisotopic (exact) mass is 313 g/mol. The standard InChI is InChI=1S/C19H23NO3/c1-15(13-23-14-16-6-3-2-4-7-16)11-20-12-17-8-5-9-18(10-17)19(21)22/h2-10,15,20H,11-14H2,1H3,(H,21,22). The first-order valence-corrected chi connectivity index (χ1v) is 7.80. The van der Waals surface area contributed by atoms with Gasteiger partial charge in [0.2, 0.25) is 0 Å². The zero-order chi connectivity index (χ0) is 16.5. The Morgan fingerprint density at radius 1 is 1.13 bits per heavy atom. The number of rotatable bonds is 9. The summed E-state index contributed by atoms with van der Waals surface area (Å²) < 4.78 is 5.72. The number of ether oxygens (including phenoxy) is 1. The van der Waals surface area contributed by atoms with E-state index in [1.165, 1.54) is 5.56 Å². The predicted molar refractivity (Wildman–Crippen MR) is 90.4 cm³/mol. The van der Waals surface area contributed by atoms with Gasteiger partial charge in [-0.15, -0.1) is 0 Å². The van der Waals surface area contributed by atoms with Crippen LogP contribution in [0.15, 0.2) is 54.6 Å². The molecule has 0 aliphatic rings. The molecule has 0 saturated carbocycles. The van der Waals surface area contributed by atoms with E-state index < -0.39 is 5.97 Å². The Hall–Kier alpha value is -2.17. The van der Waals surface area contributed by atoms with Crippen LogP contribution in [-0.4, -0.2) is 24.2 Å². The molecule has 23 heavy (non-hydrogen) atoms. The second kappa shape index (κ2) is 9.08. The molecule has 2 aromatic rings. The molecular formula is C19H23NO3. The van der Waals surface area contributed by atoms with Crippen molar-refractivity contribution in [2.24, 2.45) is 5.92 Å². The first-order valence-electron chi connectivity index (χ1n) is 7.80. The van der Waals surface area contributed by atoms with E-state index in [0.717, 1.165) is 12.1 Å². The van der Waals surface area contributed by atoms with Gasteiger partial charge in [0.05, 0.1) is 18.8 Å². The Labute approximate surface area is 137 Å². The minimum atomic E-state index is -0.894. The number of benzene rings is 2. The van der Waals surface area contributed by atoms with Crippen molar-refractivity contribution in [2.75, 3.05) is 13.2 Å². The fourth-order valence-corrected chi connectivity index (χ4v) is 2.29. The van der Waals surface area contributed by atoms with E-state index in [1.54, 1.807) is 18.2 Å². The fourth-order valence-electron chi connectivity index (χ4n) is 2.29. The van der Waals surface area contributed by atoms with Gasteiger partial charge in [0, 0.05) is 13.1 Å². The van der Waals surface area contributed by atoms with E-state index in [0.29, 0.717) is 31.2 Å². The summed E-state index contributed by atoms with van der Waals surface area (Å²) >= 11 is 0. The molecule has 4 nitrogen and oxygen atoms in total. The molecule has 0 saturated heterocycles. The molecule has 0 aromatic heterocycles. The van der Waals surface area contributed by atoms with E-state index in [1.807, 2.05) is 24.3 Å². The Bertz CT molecular complexity index is 613. The number of carboxylic acids is 1. The van der Waals surface area contributed by atoms with Gasteiger partial charge in [-0.25, -0.2) is 4.79 Å². The molecule has 0 amide bonds. The van der Waals surface area contributed by atoms with Gasteiger partial charge in [-0.3, -0.25) is 0 Å². The summed E-state index contributed by atoms with van der Waals surface area (Å²) in [5.41, 5.74) is 2.48. The fraction of sp³-hybridized carbons (Fsp3) is 0.316. The van der Waals surface area contributed by atoms with Crippen LogP contribution in [0.2, 0.25) is 0 Å². The second-order valence-electron chi connectivity index (χ2n) is 5.74. The van der Waals surface area contributed by atoms with Crippen molar-refractivity contribution in [2.45, 2.75) is 20.1 Å². The average molecular weight is 313 g/mol. The van der Waals surface area contributed by atoms with Crippen LogP contribution in [0.25, 0.3) is 0 Å². The molecule has 0 heterocycles. The van der Waals surface area contributed by atoms with Crippen molar-refractivity contribution in [1.29, 1.82) is 0 Å². The van der Waals surface area contributed by atoms with Crippen LogP contribution in [0.5, 0.6) is 0 Å². The van der Waals surface area contributed by atoms with Gasteiger partial charge in [0.1, 0.15) is 0 Å². The summed E-state index contributed by atoms with van der Waals surface area (Å²) in [6, 6.07) is 17.1. The highest BCUT2D eigenvalue weighted by Gasteiger charge is 2.05. The molecule has 0 spiro atoms. The van der Waals surface area contributed by atoms with E-state index in [-0.39, 0.29) is 0 Å². The normalized spacial score (nSPS) is 12.0. The molecule has 122 valence electrons. The molecule has 0 aliphatic heterocycles. The lowest BCUT2D eigenvalue weighted by atomic mass is 10.1. The predicted octanol–water partition coefficient (Wildman–Crippen LogP) is 3.33. The van der Waals surface area contributed by atoms with Gasteiger partial charge < -0.3 is 15.2 Å². The lowest BCUT2D eigenvalue weighted by Gasteiger charge is -2.13. The largest absolute Gasteiger partial charge is 0.478 e. The SMILES string of the molecule is CC(CNCc1cccc(C(=O)O)c1)COCc1ccccc1. The Kier molecular flexibility index (Phi) is 6.78. The van der Waals surface area contributed by atoms with Crippen LogP contribution in [0.3, 0.4) is 0 Å². The highest BCUT2D eigenvalue weighted by Crippen LogP contribution is 2.06. The lowest BCUT2D eigenvalue weighted by Crippen LogP contribution is -2.23. The van der Waals surface area contributed by atoms with Crippen molar-refractivity contribution in [3.8, 4) is 0 Å². The molecule has 0 bridgehead atoms. The summed E-state index contributed by atoms with van der Waals surface area (Å²) in [6.45, 7) is 4.94. The zero-order valence-electron chi connectivity index (χ0n) is 13.4. The summed E-state index contributed by atoms with van der Waals surface area (Å²) in [4.78, 5) is 10.9. The van der Waals surface area contributed by atoms with Crippen molar-refractivity contribution in [3.63, 3.8) is 0 Å². The highest BCUT2D eigenvalue weighted by atomic mass is 16.5. The molecule has 2 aromatic carbocycles. The summed E-state index contributed by atoms with van der Waals surface area (Å²) in [5, 5.41) is 12.3. The third-order valence-corrected chi connectivity index (χ3v) is 3.51. The quantitative estimate of drug-likeness (QED) is 0.745. The van der Waals surface area contributed by atoms with Crippen molar-refractivity contribution < 1.29 is 14.6 Å². The number of hydrogen-bond donors (Lipinski definition) is 2. The van der Waals surface area contributed by atoms with Crippen LogP contribution < -0.4 is 5.32 Å². The summed E-state index contributed by atoms with van der Waals surface area (Å²) in [5.74, 6) is -0.504. The first kappa shape index (κ1) is 17.2. The third kappa shape index (κ3) is 6.22. The molecule has 0 aliphatic carbocycles. The van der Waals surface area contributed by atoms with Crippen molar-refractivity contribution in [3.05, 3.63) is 71.3 Å². The summed E-state index contributed by atoms with van der Waals surface area (Å²) in [6.07, 6.45) is 0. The number of carboxylic acid groups (broad SMARTS) is 1. The van der Waals surface area contributed by atoms with Gasteiger partial charge in [-0.2, -0.15) is 0 Å². The molecule has 2 N–H and O–H groups in total. The van der Waals surface area contributed by atoms with Crippen LogP contribution >= 0.6 is 0 Å². The van der Waals surface area contributed by atoms with Gasteiger partial charge in [0.25, 0.3) is 0 Å². The Morgan fingerprint density at radius 3 is 2.61 bits per heavy atom. The zero-order valence-corrected chi connectivity index (χ0v) is 13.4. The summed E-state index contributed by atoms with van der Waals surface area (Å²) in [7, 11) is 0. The molecule has 1 unspecified atom stereocenters. The third-order valence-electron chi connectivity index (χ3n) is 3.51. The topological polar surface area (TPSA) is 58.6 Å². The van der Waals surface area contributed by atoms with E-state index >= 15 is 0 Å². The van der Waals surface area contributed by atoms with Gasteiger partial charge >= 0.3 is 5.97 Å². The number of hydrogen-bond acceptors (Lipinski definition) is 3. The molecule has 4 heteroatoms. The van der Waals surface area contributed by atoms with Gasteiger partial charge in [-0.05, 0) is 29.2 Å². The van der Waals surface area contributed by atoms with E-state index in [9.17, 15) is 4.79 Å². The van der Waals surface area contributed by atoms with Crippen molar-refractivity contribution >= 4 is 5.97 Å². The number of carbonyl (C=O) groups is 1. The maximum absolute atomic E-state index is 10.9. The highest BCUT2D eigenvalue weighted by molar-refractivity contribution is 5.87. The molecule has 0 radical (unpaired) electrons. The van der Waals surface area contributed by atoms with E-state index in [4.69, 9.17) is 9.84 Å². The van der Waals surface area contributed by atoms with E-state index in [2.05, 4.69) is 24.4 Å². The second-order valence-corrected chi connectivity index (χ2v) is 5.74. The number of aromatic carboxylic acids is 1. The van der Waals surface area contributed by atoms with Crippen LogP contribution in [0.1, 0.15) is 28.4 Å². The smallest absolute Gasteiger partial charge is 0.335 e. The Balaban J connectivity index is 1.65. The van der Waals surface area contributed by atoms with Crippen LogP contribution in [-0.2, 0) is 17.9 Å². The van der Waals surface area contributed by atoms with Crippen LogP contribution in [0, 0.1) is 5.92 Å². The van der Waals surface area contributed by atoms with Gasteiger partial charge in [-0.1, -0.05) is 49.4 Å². The number of nitrogens with one attached hydrogen (secondary N) is 1. The minimum absolute atomic E-state index is 0.323. The van der Waals surface area contributed by atoms with Crippen LogP contribution in [0.4, 0.5) is 0 Å².